The molecule has 0 aliphatic heterocycles. The van der Waals surface area contributed by atoms with Crippen LogP contribution in [0.4, 0.5) is 0 Å². The van der Waals surface area contributed by atoms with Gasteiger partial charge in [0.25, 0.3) is 0 Å². The molecule has 1 aromatic carbocycles. The summed E-state index contributed by atoms with van der Waals surface area (Å²) < 4.78 is 10.7. The Morgan fingerprint density at radius 3 is 2.22 bits per heavy atom. The molecule has 0 atom stereocenters. The van der Waals surface area contributed by atoms with E-state index in [4.69, 9.17) is 21.7 Å². The minimum Gasteiger partial charge on any atom is -0.493 e. The first kappa shape index (κ1) is 18.9. The molecule has 0 amide bonds. The van der Waals surface area contributed by atoms with E-state index in [1.807, 2.05) is 12.1 Å². The number of ether oxygens (including phenoxy) is 2. The number of thiocarbonyl (C=S) groups is 1. The van der Waals surface area contributed by atoms with Gasteiger partial charge in [0.15, 0.2) is 16.6 Å². The number of methoxy groups -OCH3 is 2. The van der Waals surface area contributed by atoms with Crippen LogP contribution in [-0.4, -0.2) is 32.4 Å². The lowest BCUT2D eigenvalue weighted by Gasteiger charge is -2.57. The number of benzene rings is 1. The summed E-state index contributed by atoms with van der Waals surface area (Å²) in [6.07, 6.45) is 9.63. The molecule has 4 nitrogen and oxygen atoms in total. The standard InChI is InChI=1S/C22H32N2O2S/c1-25-19-4-3-15(10-20(19)26-2)5-6-23-21(27)24-14-22-11-16-7-17(12-22)9-18(8-16)13-22/h3-4,10,16-18H,5-9,11-14H2,1-2H3,(H2,23,24,27). The lowest BCUT2D eigenvalue weighted by atomic mass is 9.49. The van der Waals surface area contributed by atoms with Crippen molar-refractivity contribution in [2.45, 2.75) is 44.9 Å². The van der Waals surface area contributed by atoms with Crippen molar-refractivity contribution in [2.75, 3.05) is 27.3 Å². The van der Waals surface area contributed by atoms with Gasteiger partial charge in [0, 0.05) is 13.1 Å². The molecule has 0 radical (unpaired) electrons. The molecule has 5 rings (SSSR count). The zero-order valence-electron chi connectivity index (χ0n) is 16.6. The molecular weight excluding hydrogens is 356 g/mol. The van der Waals surface area contributed by atoms with Crippen molar-refractivity contribution in [3.8, 4) is 11.5 Å². The second-order valence-corrected chi connectivity index (χ2v) is 9.37. The van der Waals surface area contributed by atoms with Crippen LogP contribution in [-0.2, 0) is 6.42 Å². The van der Waals surface area contributed by atoms with Crippen LogP contribution >= 0.6 is 12.2 Å². The minimum atomic E-state index is 0.518. The van der Waals surface area contributed by atoms with E-state index >= 15 is 0 Å². The largest absolute Gasteiger partial charge is 0.493 e. The summed E-state index contributed by atoms with van der Waals surface area (Å²) in [6.45, 7) is 1.88. The Bertz CT molecular complexity index is 656. The molecule has 4 fully saturated rings. The first-order chi connectivity index (χ1) is 13.1. The van der Waals surface area contributed by atoms with Crippen LogP contribution in [0.3, 0.4) is 0 Å². The van der Waals surface area contributed by atoms with Gasteiger partial charge < -0.3 is 20.1 Å². The van der Waals surface area contributed by atoms with E-state index in [-0.39, 0.29) is 0 Å². The Kier molecular flexibility index (Phi) is 5.49. The maximum absolute atomic E-state index is 5.54. The highest BCUT2D eigenvalue weighted by atomic mass is 32.1. The van der Waals surface area contributed by atoms with E-state index in [0.29, 0.717) is 5.41 Å². The van der Waals surface area contributed by atoms with Crippen molar-refractivity contribution in [3.05, 3.63) is 23.8 Å². The summed E-state index contributed by atoms with van der Waals surface area (Å²) in [7, 11) is 3.33. The smallest absolute Gasteiger partial charge is 0.166 e. The van der Waals surface area contributed by atoms with E-state index < -0.39 is 0 Å². The van der Waals surface area contributed by atoms with Crippen molar-refractivity contribution in [1.82, 2.24) is 10.6 Å². The van der Waals surface area contributed by atoms with Gasteiger partial charge in [-0.3, -0.25) is 0 Å². The second-order valence-electron chi connectivity index (χ2n) is 8.97. The quantitative estimate of drug-likeness (QED) is 0.693. The lowest BCUT2D eigenvalue weighted by molar-refractivity contribution is -0.0491. The topological polar surface area (TPSA) is 42.5 Å². The summed E-state index contributed by atoms with van der Waals surface area (Å²) in [5.41, 5.74) is 1.73. The summed E-state index contributed by atoms with van der Waals surface area (Å²) in [5.74, 6) is 4.51. The summed E-state index contributed by atoms with van der Waals surface area (Å²) in [6, 6.07) is 6.07. The number of hydrogen-bond donors (Lipinski definition) is 2. The molecule has 4 aliphatic rings. The highest BCUT2D eigenvalue weighted by molar-refractivity contribution is 7.80. The number of rotatable bonds is 7. The predicted octanol–water partition coefficient (Wildman–Crippen LogP) is 3.93. The molecule has 4 bridgehead atoms. The molecular formula is C22H32N2O2S. The third-order valence-corrected chi connectivity index (χ3v) is 7.22. The van der Waals surface area contributed by atoms with Gasteiger partial charge >= 0.3 is 0 Å². The monoisotopic (exact) mass is 388 g/mol. The maximum atomic E-state index is 5.54. The van der Waals surface area contributed by atoms with Gasteiger partial charge in [0.05, 0.1) is 14.2 Å². The first-order valence-corrected chi connectivity index (χ1v) is 10.7. The molecule has 4 saturated carbocycles. The molecule has 148 valence electrons. The minimum absolute atomic E-state index is 0.518. The van der Waals surface area contributed by atoms with Crippen molar-refractivity contribution < 1.29 is 9.47 Å². The Morgan fingerprint density at radius 2 is 1.63 bits per heavy atom. The van der Waals surface area contributed by atoms with Crippen molar-refractivity contribution in [1.29, 1.82) is 0 Å². The van der Waals surface area contributed by atoms with E-state index in [9.17, 15) is 0 Å². The molecule has 1 aromatic rings. The van der Waals surface area contributed by atoms with Gasteiger partial charge in [-0.25, -0.2) is 0 Å². The molecule has 5 heteroatoms. The van der Waals surface area contributed by atoms with E-state index in [0.717, 1.165) is 53.9 Å². The van der Waals surface area contributed by atoms with Gasteiger partial charge in [-0.2, -0.15) is 0 Å². The summed E-state index contributed by atoms with van der Waals surface area (Å²) in [4.78, 5) is 0. The molecule has 27 heavy (non-hydrogen) atoms. The fraction of sp³-hybridized carbons (Fsp3) is 0.682. The highest BCUT2D eigenvalue weighted by Crippen LogP contribution is 2.59. The number of hydrogen-bond acceptors (Lipinski definition) is 3. The fourth-order valence-electron chi connectivity index (χ4n) is 6.19. The van der Waals surface area contributed by atoms with Gasteiger partial charge in [-0.1, -0.05) is 6.07 Å². The second kappa shape index (κ2) is 7.86. The third kappa shape index (κ3) is 4.18. The average Bonchev–Trinajstić information content (AvgIpc) is 2.65. The molecule has 0 spiro atoms. The van der Waals surface area contributed by atoms with Crippen LogP contribution < -0.4 is 20.1 Å². The molecule has 0 aromatic heterocycles. The van der Waals surface area contributed by atoms with Crippen LogP contribution in [0.15, 0.2) is 18.2 Å². The normalized spacial score (nSPS) is 30.8. The SMILES string of the molecule is COc1ccc(CCNC(=S)NCC23CC4CC(CC(C4)C2)C3)cc1OC. The van der Waals surface area contributed by atoms with Crippen molar-refractivity contribution in [3.63, 3.8) is 0 Å². The van der Waals surface area contributed by atoms with Crippen molar-refractivity contribution in [2.24, 2.45) is 23.2 Å². The fourth-order valence-corrected chi connectivity index (χ4v) is 6.37. The zero-order valence-corrected chi connectivity index (χ0v) is 17.4. The van der Waals surface area contributed by atoms with Gasteiger partial charge in [0.1, 0.15) is 0 Å². The first-order valence-electron chi connectivity index (χ1n) is 10.3. The summed E-state index contributed by atoms with van der Waals surface area (Å²) in [5, 5.41) is 7.72. The molecule has 0 heterocycles. The van der Waals surface area contributed by atoms with Crippen LogP contribution in [0.5, 0.6) is 11.5 Å². The Hall–Kier alpha value is -1.49. The van der Waals surface area contributed by atoms with Gasteiger partial charge in [-0.05, 0) is 98.0 Å². The van der Waals surface area contributed by atoms with Crippen LogP contribution in [0.2, 0.25) is 0 Å². The predicted molar refractivity (Wildman–Crippen MR) is 112 cm³/mol. The summed E-state index contributed by atoms with van der Waals surface area (Å²) >= 11 is 5.54. The lowest BCUT2D eigenvalue weighted by Crippen LogP contribution is -2.52. The Labute approximate surface area is 168 Å². The van der Waals surface area contributed by atoms with Crippen LogP contribution in [0, 0.1) is 23.2 Å². The molecule has 0 saturated heterocycles. The Morgan fingerprint density at radius 1 is 1.00 bits per heavy atom. The third-order valence-electron chi connectivity index (χ3n) is 6.94. The zero-order chi connectivity index (χ0) is 18.9. The average molecular weight is 389 g/mol. The maximum Gasteiger partial charge on any atom is 0.166 e. The highest BCUT2D eigenvalue weighted by Gasteiger charge is 2.50. The van der Waals surface area contributed by atoms with Crippen molar-refractivity contribution >= 4 is 17.3 Å². The van der Waals surface area contributed by atoms with E-state index in [1.165, 1.54) is 44.1 Å². The van der Waals surface area contributed by atoms with Crippen LogP contribution in [0.25, 0.3) is 0 Å². The molecule has 0 unspecified atom stereocenters. The Balaban J connectivity index is 1.22. The number of nitrogens with one attached hydrogen (secondary N) is 2. The molecule has 4 aliphatic carbocycles. The van der Waals surface area contributed by atoms with Gasteiger partial charge in [-0.15, -0.1) is 0 Å². The van der Waals surface area contributed by atoms with Crippen LogP contribution in [0.1, 0.15) is 44.1 Å². The van der Waals surface area contributed by atoms with E-state index in [1.54, 1.807) is 14.2 Å². The molecule has 2 N–H and O–H groups in total. The van der Waals surface area contributed by atoms with E-state index in [2.05, 4.69) is 16.7 Å². The van der Waals surface area contributed by atoms with Gasteiger partial charge in [0.2, 0.25) is 0 Å².